The molecule has 0 amide bonds. The molecule has 4 rings (SSSR count). The van der Waals surface area contributed by atoms with Gasteiger partial charge in [0.1, 0.15) is 49.4 Å². The molecule has 0 radical (unpaired) electrons. The highest BCUT2D eigenvalue weighted by Gasteiger charge is 2.04. The average Bonchev–Trinajstić information content (AvgIpc) is 2.81. The Hall–Kier alpha value is -3.66. The fourth-order valence-corrected chi connectivity index (χ4v) is 3.11. The molecule has 4 nitrogen and oxygen atoms in total. The Morgan fingerprint density at radius 3 is 1.63 bits per heavy atom. The number of benzene rings is 4. The Balaban J connectivity index is 1.29. The Morgan fingerprint density at radius 1 is 0.433 bits per heavy atom. The maximum atomic E-state index is 5.94. The van der Waals surface area contributed by atoms with Crippen LogP contribution in [-0.4, -0.2) is 26.4 Å². The molecule has 0 bridgehead atoms. The van der Waals surface area contributed by atoms with Crippen molar-refractivity contribution in [3.63, 3.8) is 0 Å². The lowest BCUT2D eigenvalue weighted by molar-refractivity contribution is 0.217. The summed E-state index contributed by atoms with van der Waals surface area (Å²) in [5.74, 6) is 3.33. The summed E-state index contributed by atoms with van der Waals surface area (Å²) in [6.07, 6.45) is 0. The third kappa shape index (κ3) is 5.45. The highest BCUT2D eigenvalue weighted by molar-refractivity contribution is 5.89. The Kier molecular flexibility index (Phi) is 6.69. The normalized spacial score (nSPS) is 10.5. The van der Waals surface area contributed by atoms with Gasteiger partial charge in [0.2, 0.25) is 0 Å². The monoisotopic (exact) mass is 400 g/mol. The SMILES string of the molecule is c1ccc(OCCOc2ccc3c(OCCOc4ccccc4)cccc3c2)cc1. The van der Waals surface area contributed by atoms with Gasteiger partial charge >= 0.3 is 0 Å². The predicted molar refractivity (Wildman–Crippen MR) is 119 cm³/mol. The van der Waals surface area contributed by atoms with E-state index in [1.54, 1.807) is 0 Å². The van der Waals surface area contributed by atoms with Crippen LogP contribution in [0.25, 0.3) is 10.8 Å². The molecule has 0 spiro atoms. The van der Waals surface area contributed by atoms with Crippen LogP contribution in [0.4, 0.5) is 0 Å². The van der Waals surface area contributed by atoms with Crippen LogP contribution in [-0.2, 0) is 0 Å². The van der Waals surface area contributed by atoms with Crippen molar-refractivity contribution in [1.29, 1.82) is 0 Å². The van der Waals surface area contributed by atoms with E-state index in [1.807, 2.05) is 91.0 Å². The topological polar surface area (TPSA) is 36.9 Å². The van der Waals surface area contributed by atoms with E-state index in [1.165, 1.54) is 0 Å². The molecule has 4 aromatic rings. The first kappa shape index (κ1) is 19.6. The molecule has 0 aliphatic heterocycles. The number of hydrogen-bond donors (Lipinski definition) is 0. The Morgan fingerprint density at radius 2 is 1.00 bits per heavy atom. The fraction of sp³-hybridized carbons (Fsp3) is 0.154. The van der Waals surface area contributed by atoms with Gasteiger partial charge in [0.25, 0.3) is 0 Å². The Labute approximate surface area is 176 Å². The zero-order chi connectivity index (χ0) is 20.4. The molecule has 4 aromatic carbocycles. The van der Waals surface area contributed by atoms with Gasteiger partial charge in [-0.15, -0.1) is 0 Å². The predicted octanol–water partition coefficient (Wildman–Crippen LogP) is 5.76. The molecule has 152 valence electrons. The molecule has 0 saturated heterocycles. The van der Waals surface area contributed by atoms with Crippen molar-refractivity contribution in [2.45, 2.75) is 0 Å². The lowest BCUT2D eigenvalue weighted by Gasteiger charge is -2.12. The highest BCUT2D eigenvalue weighted by atomic mass is 16.5. The second-order valence-electron chi connectivity index (χ2n) is 6.66. The van der Waals surface area contributed by atoms with E-state index in [2.05, 4.69) is 6.07 Å². The second kappa shape index (κ2) is 10.2. The lowest BCUT2D eigenvalue weighted by Crippen LogP contribution is -2.09. The summed E-state index contributed by atoms with van der Waals surface area (Å²) in [6.45, 7) is 1.94. The summed E-state index contributed by atoms with van der Waals surface area (Å²) < 4.78 is 23.1. The molecular formula is C26H24O4. The molecule has 0 saturated carbocycles. The summed E-state index contributed by atoms with van der Waals surface area (Å²) in [5, 5.41) is 2.11. The summed E-state index contributed by atoms with van der Waals surface area (Å²) in [5.41, 5.74) is 0. The molecule has 0 fully saturated rings. The fourth-order valence-electron chi connectivity index (χ4n) is 3.11. The van der Waals surface area contributed by atoms with Crippen molar-refractivity contribution >= 4 is 10.8 Å². The van der Waals surface area contributed by atoms with E-state index in [-0.39, 0.29) is 0 Å². The summed E-state index contributed by atoms with van der Waals surface area (Å²) in [4.78, 5) is 0. The zero-order valence-electron chi connectivity index (χ0n) is 16.7. The van der Waals surface area contributed by atoms with Gasteiger partial charge in [0.15, 0.2) is 0 Å². The smallest absolute Gasteiger partial charge is 0.127 e. The van der Waals surface area contributed by atoms with Crippen LogP contribution in [0.15, 0.2) is 97.1 Å². The molecule has 0 aromatic heterocycles. The van der Waals surface area contributed by atoms with E-state index < -0.39 is 0 Å². The molecular weight excluding hydrogens is 376 g/mol. The highest BCUT2D eigenvalue weighted by Crippen LogP contribution is 2.29. The van der Waals surface area contributed by atoms with Crippen LogP contribution in [0.1, 0.15) is 0 Å². The zero-order valence-corrected chi connectivity index (χ0v) is 16.7. The van der Waals surface area contributed by atoms with Crippen LogP contribution in [0.2, 0.25) is 0 Å². The van der Waals surface area contributed by atoms with E-state index in [9.17, 15) is 0 Å². The van der Waals surface area contributed by atoms with Gasteiger partial charge < -0.3 is 18.9 Å². The first-order valence-electron chi connectivity index (χ1n) is 10.0. The van der Waals surface area contributed by atoms with Crippen LogP contribution >= 0.6 is 0 Å². The average molecular weight is 400 g/mol. The summed E-state index contributed by atoms with van der Waals surface area (Å²) >= 11 is 0. The molecule has 0 heterocycles. The van der Waals surface area contributed by atoms with Gasteiger partial charge in [-0.05, 0) is 53.9 Å². The van der Waals surface area contributed by atoms with E-state index in [0.29, 0.717) is 26.4 Å². The minimum absolute atomic E-state index is 0.475. The largest absolute Gasteiger partial charge is 0.490 e. The first-order valence-corrected chi connectivity index (χ1v) is 10.0. The quantitative estimate of drug-likeness (QED) is 0.317. The van der Waals surface area contributed by atoms with Gasteiger partial charge in [-0.3, -0.25) is 0 Å². The van der Waals surface area contributed by atoms with Crippen molar-refractivity contribution in [2.24, 2.45) is 0 Å². The molecule has 0 unspecified atom stereocenters. The number of hydrogen-bond acceptors (Lipinski definition) is 4. The number of fused-ring (bicyclic) bond motifs is 1. The minimum atomic E-state index is 0.475. The standard InChI is InChI=1S/C26H24O4/c1-3-9-22(10-4-1)27-16-17-29-24-14-15-25-21(20-24)8-7-13-26(25)30-19-18-28-23-11-5-2-6-12-23/h1-15,20H,16-19H2. The maximum Gasteiger partial charge on any atom is 0.127 e. The van der Waals surface area contributed by atoms with Gasteiger partial charge in [0.05, 0.1) is 0 Å². The Bertz CT molecular complexity index is 1050. The van der Waals surface area contributed by atoms with Crippen molar-refractivity contribution in [3.05, 3.63) is 97.1 Å². The van der Waals surface area contributed by atoms with Crippen LogP contribution in [0.5, 0.6) is 23.0 Å². The third-order valence-electron chi connectivity index (χ3n) is 4.53. The van der Waals surface area contributed by atoms with E-state index in [4.69, 9.17) is 18.9 Å². The summed E-state index contributed by atoms with van der Waals surface area (Å²) in [7, 11) is 0. The van der Waals surface area contributed by atoms with Crippen LogP contribution in [0.3, 0.4) is 0 Å². The maximum absolute atomic E-state index is 5.94. The van der Waals surface area contributed by atoms with Crippen LogP contribution in [0, 0.1) is 0 Å². The van der Waals surface area contributed by atoms with Crippen molar-refractivity contribution < 1.29 is 18.9 Å². The molecule has 0 aliphatic carbocycles. The number of para-hydroxylation sites is 2. The summed E-state index contributed by atoms with van der Waals surface area (Å²) in [6, 6.07) is 31.5. The van der Waals surface area contributed by atoms with Crippen LogP contribution < -0.4 is 18.9 Å². The first-order chi connectivity index (χ1) is 14.9. The van der Waals surface area contributed by atoms with Crippen molar-refractivity contribution in [1.82, 2.24) is 0 Å². The lowest BCUT2D eigenvalue weighted by atomic mass is 10.1. The van der Waals surface area contributed by atoms with Gasteiger partial charge in [-0.2, -0.15) is 0 Å². The number of ether oxygens (including phenoxy) is 4. The molecule has 4 heteroatoms. The third-order valence-corrected chi connectivity index (χ3v) is 4.53. The van der Waals surface area contributed by atoms with E-state index >= 15 is 0 Å². The van der Waals surface area contributed by atoms with Crippen molar-refractivity contribution in [3.8, 4) is 23.0 Å². The number of rotatable bonds is 10. The van der Waals surface area contributed by atoms with Crippen molar-refractivity contribution in [2.75, 3.05) is 26.4 Å². The molecule has 0 atom stereocenters. The van der Waals surface area contributed by atoms with Gasteiger partial charge in [-0.25, -0.2) is 0 Å². The minimum Gasteiger partial charge on any atom is -0.490 e. The molecule has 30 heavy (non-hydrogen) atoms. The molecule has 0 N–H and O–H groups in total. The van der Waals surface area contributed by atoms with Gasteiger partial charge in [-0.1, -0.05) is 48.5 Å². The second-order valence-corrected chi connectivity index (χ2v) is 6.66. The van der Waals surface area contributed by atoms with Gasteiger partial charge in [0, 0.05) is 5.39 Å². The molecule has 0 aliphatic rings. The van der Waals surface area contributed by atoms with E-state index in [0.717, 1.165) is 33.8 Å².